The molecule has 2 aromatic rings. The minimum Gasteiger partial charge on any atom is -0.497 e. The van der Waals surface area contributed by atoms with Gasteiger partial charge in [-0.3, -0.25) is 9.69 Å². The lowest BCUT2D eigenvalue weighted by Crippen LogP contribution is -2.55. The minimum absolute atomic E-state index is 0.0773. The number of carbonyl (C=O) groups excluding carboxylic acids is 2. The van der Waals surface area contributed by atoms with Crippen LogP contribution in [0.3, 0.4) is 0 Å². The molecule has 0 bridgehead atoms. The Morgan fingerprint density at radius 1 is 1.23 bits per heavy atom. The zero-order valence-corrected chi connectivity index (χ0v) is 18.0. The fourth-order valence-electron chi connectivity index (χ4n) is 3.55. The number of nitrogens with zero attached hydrogens (tertiary/aromatic N) is 4. The van der Waals surface area contributed by atoms with Gasteiger partial charge in [0.25, 0.3) is 0 Å². The summed E-state index contributed by atoms with van der Waals surface area (Å²) in [7, 11) is 1.62. The van der Waals surface area contributed by atoms with Crippen molar-refractivity contribution in [1.29, 1.82) is 0 Å². The maximum atomic E-state index is 12.8. The van der Waals surface area contributed by atoms with Gasteiger partial charge in [0, 0.05) is 31.7 Å². The van der Waals surface area contributed by atoms with Crippen LogP contribution in [0.1, 0.15) is 32.1 Å². The van der Waals surface area contributed by atoms with Crippen LogP contribution in [0.5, 0.6) is 5.75 Å². The molecule has 3 rings (SSSR count). The first-order valence-corrected chi connectivity index (χ1v) is 10.5. The van der Waals surface area contributed by atoms with E-state index in [2.05, 4.69) is 20.4 Å². The average Bonchev–Trinajstić information content (AvgIpc) is 3.25. The van der Waals surface area contributed by atoms with Crippen LogP contribution in [0, 0.1) is 0 Å². The average molecular weight is 431 g/mol. The van der Waals surface area contributed by atoms with Gasteiger partial charge in [0.2, 0.25) is 17.6 Å². The molecule has 0 spiro atoms. The first-order valence-electron chi connectivity index (χ1n) is 10.5. The van der Waals surface area contributed by atoms with Crippen LogP contribution in [0.4, 0.5) is 4.79 Å². The van der Waals surface area contributed by atoms with Crippen molar-refractivity contribution in [1.82, 2.24) is 25.3 Å². The maximum Gasteiger partial charge on any atom is 0.312 e. The number of nitrogens with two attached hydrogens (primary N) is 1. The van der Waals surface area contributed by atoms with E-state index in [4.69, 9.17) is 15.0 Å². The number of hydrogen-bond donors (Lipinski definition) is 2. The number of urea groups is 1. The van der Waals surface area contributed by atoms with Crippen LogP contribution in [0.2, 0.25) is 0 Å². The van der Waals surface area contributed by atoms with E-state index in [1.54, 1.807) is 12.0 Å². The Labute approximate surface area is 181 Å². The zero-order chi connectivity index (χ0) is 22.2. The quantitative estimate of drug-likeness (QED) is 0.619. The molecule has 1 atom stereocenters. The van der Waals surface area contributed by atoms with Gasteiger partial charge in [0.05, 0.1) is 13.7 Å². The Bertz CT molecular complexity index is 861. The second kappa shape index (κ2) is 10.8. The maximum absolute atomic E-state index is 12.8. The molecule has 1 aliphatic heterocycles. The minimum atomic E-state index is -0.669. The number of piperazine rings is 1. The number of hydrogen-bond acceptors (Lipinski definition) is 7. The van der Waals surface area contributed by atoms with Gasteiger partial charge >= 0.3 is 6.03 Å². The Morgan fingerprint density at radius 3 is 2.55 bits per heavy atom. The highest BCUT2D eigenvalue weighted by atomic mass is 16.5. The molecule has 1 unspecified atom stereocenters. The second-order valence-electron chi connectivity index (χ2n) is 7.55. The van der Waals surface area contributed by atoms with Crippen LogP contribution in [0.25, 0.3) is 11.4 Å². The number of aromatic nitrogens is 2. The first kappa shape index (κ1) is 22.5. The lowest BCUT2D eigenvalue weighted by atomic mass is 10.1. The number of unbranched alkanes of at least 4 members (excludes halogenated alkanes) is 1. The van der Waals surface area contributed by atoms with Gasteiger partial charge in [0.15, 0.2) is 0 Å². The van der Waals surface area contributed by atoms with Crippen molar-refractivity contribution in [2.45, 2.75) is 38.8 Å². The molecule has 1 fully saturated rings. The van der Waals surface area contributed by atoms with Gasteiger partial charge in [0.1, 0.15) is 11.8 Å². The third-order valence-electron chi connectivity index (χ3n) is 5.32. The standard InChI is InChI=1S/C21H30N6O4/c1-3-4-5-17(23-21(22)29)20(28)27-12-10-26(11-13-27)14-18-24-19(25-31-18)15-6-8-16(30-2)9-7-15/h6-9,17H,3-5,10-14H2,1-2H3,(H3,22,23,29). The summed E-state index contributed by atoms with van der Waals surface area (Å²) >= 11 is 0. The van der Waals surface area contributed by atoms with E-state index in [0.29, 0.717) is 50.9 Å². The summed E-state index contributed by atoms with van der Waals surface area (Å²) in [6.45, 7) is 5.07. The van der Waals surface area contributed by atoms with Gasteiger partial charge in [-0.05, 0) is 30.7 Å². The van der Waals surface area contributed by atoms with Crippen molar-refractivity contribution in [2.24, 2.45) is 5.73 Å². The highest BCUT2D eigenvalue weighted by Crippen LogP contribution is 2.20. The summed E-state index contributed by atoms with van der Waals surface area (Å²) < 4.78 is 10.6. The van der Waals surface area contributed by atoms with E-state index in [-0.39, 0.29) is 5.91 Å². The molecule has 10 nitrogen and oxygen atoms in total. The van der Waals surface area contributed by atoms with Crippen molar-refractivity contribution in [3.63, 3.8) is 0 Å². The fraction of sp³-hybridized carbons (Fsp3) is 0.524. The van der Waals surface area contributed by atoms with E-state index >= 15 is 0 Å². The molecule has 0 aliphatic carbocycles. The number of ether oxygens (including phenoxy) is 1. The van der Waals surface area contributed by atoms with Gasteiger partial charge in [-0.25, -0.2) is 4.79 Å². The smallest absolute Gasteiger partial charge is 0.312 e. The highest BCUT2D eigenvalue weighted by molar-refractivity contribution is 5.86. The van der Waals surface area contributed by atoms with Gasteiger partial charge in [-0.15, -0.1) is 0 Å². The molecule has 1 aromatic carbocycles. The monoisotopic (exact) mass is 430 g/mol. The molecule has 10 heteroatoms. The van der Waals surface area contributed by atoms with Crippen molar-refractivity contribution in [3.8, 4) is 17.1 Å². The van der Waals surface area contributed by atoms with Crippen molar-refractivity contribution in [3.05, 3.63) is 30.2 Å². The molecular weight excluding hydrogens is 400 g/mol. The first-order chi connectivity index (χ1) is 15.0. The van der Waals surface area contributed by atoms with Crippen molar-refractivity contribution in [2.75, 3.05) is 33.3 Å². The molecule has 1 aliphatic rings. The summed E-state index contributed by atoms with van der Waals surface area (Å²) in [5.41, 5.74) is 6.09. The van der Waals surface area contributed by atoms with Gasteiger partial charge in [-0.2, -0.15) is 4.98 Å². The Kier molecular flexibility index (Phi) is 7.82. The van der Waals surface area contributed by atoms with Crippen LogP contribution < -0.4 is 15.8 Å². The van der Waals surface area contributed by atoms with Crippen molar-refractivity contribution >= 4 is 11.9 Å². The molecule has 2 heterocycles. The predicted octanol–water partition coefficient (Wildman–Crippen LogP) is 1.62. The van der Waals surface area contributed by atoms with E-state index in [9.17, 15) is 9.59 Å². The van der Waals surface area contributed by atoms with Crippen LogP contribution in [-0.4, -0.2) is 71.2 Å². The van der Waals surface area contributed by atoms with Crippen molar-refractivity contribution < 1.29 is 18.8 Å². The SMILES string of the molecule is CCCCC(NC(N)=O)C(=O)N1CCN(Cc2nc(-c3ccc(OC)cc3)no2)CC1. The predicted molar refractivity (Wildman–Crippen MR) is 114 cm³/mol. The molecule has 168 valence electrons. The van der Waals surface area contributed by atoms with Gasteiger partial charge < -0.3 is 25.2 Å². The summed E-state index contributed by atoms with van der Waals surface area (Å²) in [6.07, 6.45) is 2.39. The van der Waals surface area contributed by atoms with Crippen LogP contribution >= 0.6 is 0 Å². The molecule has 31 heavy (non-hydrogen) atoms. The van der Waals surface area contributed by atoms with Crippen LogP contribution in [-0.2, 0) is 11.3 Å². The van der Waals surface area contributed by atoms with E-state index < -0.39 is 12.1 Å². The number of carbonyl (C=O) groups is 2. The molecule has 3 N–H and O–H groups in total. The molecule has 3 amide bonds. The number of rotatable bonds is 9. The number of benzene rings is 1. The summed E-state index contributed by atoms with van der Waals surface area (Å²) in [6, 6.07) is 6.23. The Balaban J connectivity index is 1.52. The number of amides is 3. The third kappa shape index (κ3) is 6.17. The van der Waals surface area contributed by atoms with Gasteiger partial charge in [-0.1, -0.05) is 24.9 Å². The number of nitrogens with one attached hydrogen (secondary N) is 1. The molecule has 1 aromatic heterocycles. The van der Waals surface area contributed by atoms with E-state index in [1.807, 2.05) is 31.2 Å². The Morgan fingerprint density at radius 2 is 1.94 bits per heavy atom. The summed E-state index contributed by atoms with van der Waals surface area (Å²) in [5.74, 6) is 1.75. The second-order valence-corrected chi connectivity index (χ2v) is 7.55. The summed E-state index contributed by atoms with van der Waals surface area (Å²) in [4.78, 5) is 32.5. The Hall–Kier alpha value is -3.14. The number of primary amides is 1. The van der Waals surface area contributed by atoms with E-state index in [0.717, 1.165) is 24.2 Å². The summed E-state index contributed by atoms with van der Waals surface area (Å²) in [5, 5.41) is 6.64. The third-order valence-corrected chi connectivity index (χ3v) is 5.32. The molecule has 0 saturated carbocycles. The normalized spacial score (nSPS) is 15.5. The topological polar surface area (TPSA) is 127 Å². The highest BCUT2D eigenvalue weighted by Gasteiger charge is 2.28. The lowest BCUT2D eigenvalue weighted by molar-refractivity contribution is -0.135. The van der Waals surface area contributed by atoms with Crippen LogP contribution in [0.15, 0.2) is 28.8 Å². The lowest BCUT2D eigenvalue weighted by Gasteiger charge is -2.35. The zero-order valence-electron chi connectivity index (χ0n) is 18.0. The number of methoxy groups -OCH3 is 1. The molecule has 1 saturated heterocycles. The fourth-order valence-corrected chi connectivity index (χ4v) is 3.55. The van der Waals surface area contributed by atoms with E-state index in [1.165, 1.54) is 0 Å². The largest absolute Gasteiger partial charge is 0.497 e. The molecular formula is C21H30N6O4. The molecule has 0 radical (unpaired) electrons.